The van der Waals surface area contributed by atoms with Crippen molar-refractivity contribution in [2.45, 2.75) is 13.0 Å². The second kappa shape index (κ2) is 7.28. The highest BCUT2D eigenvalue weighted by atomic mass is 16.5. The van der Waals surface area contributed by atoms with Crippen LogP contribution in [0.15, 0.2) is 18.2 Å². The van der Waals surface area contributed by atoms with E-state index in [-0.39, 0.29) is 17.4 Å². The summed E-state index contributed by atoms with van der Waals surface area (Å²) in [6.45, 7) is 4.91. The highest BCUT2D eigenvalue weighted by Gasteiger charge is 2.21. The van der Waals surface area contributed by atoms with Crippen molar-refractivity contribution in [3.8, 4) is 11.5 Å². The Kier molecular flexibility index (Phi) is 5.41. The maximum Gasteiger partial charge on any atom is 0.339 e. The van der Waals surface area contributed by atoms with E-state index in [9.17, 15) is 9.90 Å². The summed E-state index contributed by atoms with van der Waals surface area (Å²) in [7, 11) is 2.02. The molecule has 1 aliphatic heterocycles. The third-order valence-electron chi connectivity index (χ3n) is 3.26. The number of rotatable bonds is 6. The number of carboxylic acids is 1. The van der Waals surface area contributed by atoms with E-state index in [4.69, 9.17) is 14.2 Å². The molecule has 6 heteroatoms. The molecule has 1 atom stereocenters. The van der Waals surface area contributed by atoms with Gasteiger partial charge in [0.25, 0.3) is 0 Å². The summed E-state index contributed by atoms with van der Waals surface area (Å²) in [5, 5.41) is 9.26. The summed E-state index contributed by atoms with van der Waals surface area (Å²) in [5.74, 6) is -0.321. The lowest BCUT2D eigenvalue weighted by Gasteiger charge is -2.30. The molecule has 0 amide bonds. The van der Waals surface area contributed by atoms with Crippen LogP contribution in [0.5, 0.6) is 11.5 Å². The van der Waals surface area contributed by atoms with Gasteiger partial charge in [-0.05, 0) is 26.1 Å². The molecular formula is C15H21NO5. The third kappa shape index (κ3) is 4.09. The van der Waals surface area contributed by atoms with Crippen molar-refractivity contribution in [1.29, 1.82) is 0 Å². The molecule has 6 nitrogen and oxygen atoms in total. The van der Waals surface area contributed by atoms with Crippen molar-refractivity contribution in [3.05, 3.63) is 23.8 Å². The van der Waals surface area contributed by atoms with Gasteiger partial charge in [0, 0.05) is 13.1 Å². The maximum absolute atomic E-state index is 11.3. The number of likely N-dealkylation sites (N-methyl/N-ethyl adjacent to an activating group) is 1. The molecular weight excluding hydrogens is 274 g/mol. The number of benzene rings is 1. The van der Waals surface area contributed by atoms with Gasteiger partial charge in [0.2, 0.25) is 0 Å². The van der Waals surface area contributed by atoms with Crippen LogP contribution in [0, 0.1) is 0 Å². The number of carboxylic acid groups (broad SMARTS) is 1. The Morgan fingerprint density at radius 3 is 2.95 bits per heavy atom. The minimum absolute atomic E-state index is 0.0694. The quantitative estimate of drug-likeness (QED) is 0.857. The molecule has 0 aliphatic carbocycles. The van der Waals surface area contributed by atoms with Gasteiger partial charge in [-0.3, -0.25) is 0 Å². The van der Waals surface area contributed by atoms with Crippen molar-refractivity contribution < 1.29 is 24.1 Å². The number of morpholine rings is 1. The number of hydrogen-bond acceptors (Lipinski definition) is 5. The molecule has 1 aromatic rings. The largest absolute Gasteiger partial charge is 0.490 e. The Bertz CT molecular complexity index is 491. The smallest absolute Gasteiger partial charge is 0.339 e. The minimum atomic E-state index is -1.03. The molecule has 116 valence electrons. The summed E-state index contributed by atoms with van der Waals surface area (Å²) in [5.41, 5.74) is 0.102. The molecule has 1 saturated heterocycles. The zero-order chi connectivity index (χ0) is 15.2. The van der Waals surface area contributed by atoms with Gasteiger partial charge in [0.1, 0.15) is 18.3 Å². The predicted molar refractivity (Wildman–Crippen MR) is 77.3 cm³/mol. The summed E-state index contributed by atoms with van der Waals surface area (Å²) in [6, 6.07) is 4.86. The number of aromatic carboxylic acids is 1. The normalized spacial score (nSPS) is 19.2. The van der Waals surface area contributed by atoms with Crippen molar-refractivity contribution in [2.75, 3.05) is 40.0 Å². The molecule has 0 aromatic heterocycles. The zero-order valence-electron chi connectivity index (χ0n) is 12.4. The first-order chi connectivity index (χ1) is 10.1. The molecule has 1 heterocycles. The van der Waals surface area contributed by atoms with Crippen LogP contribution in [0.25, 0.3) is 0 Å². The molecule has 1 unspecified atom stereocenters. The van der Waals surface area contributed by atoms with E-state index < -0.39 is 5.97 Å². The Hall–Kier alpha value is -1.79. The fourth-order valence-electron chi connectivity index (χ4n) is 2.25. The fraction of sp³-hybridized carbons (Fsp3) is 0.533. The molecule has 0 saturated carbocycles. The van der Waals surface area contributed by atoms with Gasteiger partial charge in [0.05, 0.1) is 13.2 Å². The van der Waals surface area contributed by atoms with Gasteiger partial charge in [-0.2, -0.15) is 0 Å². The molecule has 0 bridgehead atoms. The summed E-state index contributed by atoms with van der Waals surface area (Å²) in [6.07, 6.45) is -0.0694. The average Bonchev–Trinajstić information content (AvgIpc) is 2.46. The van der Waals surface area contributed by atoms with Crippen LogP contribution in [0.1, 0.15) is 17.3 Å². The Labute approximate surface area is 124 Å². The second-order valence-corrected chi connectivity index (χ2v) is 4.94. The molecule has 1 N–H and O–H groups in total. The first kappa shape index (κ1) is 15.6. The number of ether oxygens (including phenoxy) is 3. The van der Waals surface area contributed by atoms with Gasteiger partial charge >= 0.3 is 5.97 Å². The highest BCUT2D eigenvalue weighted by molar-refractivity contribution is 5.92. The topological polar surface area (TPSA) is 68.2 Å². The van der Waals surface area contributed by atoms with Gasteiger partial charge in [0.15, 0.2) is 11.5 Å². The van der Waals surface area contributed by atoms with Crippen molar-refractivity contribution in [3.63, 3.8) is 0 Å². The molecule has 0 radical (unpaired) electrons. The summed E-state index contributed by atoms with van der Waals surface area (Å²) >= 11 is 0. The van der Waals surface area contributed by atoms with Crippen LogP contribution in [0.4, 0.5) is 0 Å². The summed E-state index contributed by atoms with van der Waals surface area (Å²) in [4.78, 5) is 13.5. The Morgan fingerprint density at radius 1 is 1.48 bits per heavy atom. The molecule has 0 spiro atoms. The zero-order valence-corrected chi connectivity index (χ0v) is 12.4. The van der Waals surface area contributed by atoms with Crippen LogP contribution < -0.4 is 9.47 Å². The Balaban J connectivity index is 2.11. The molecule has 1 aromatic carbocycles. The lowest BCUT2D eigenvalue weighted by atomic mass is 10.2. The van der Waals surface area contributed by atoms with E-state index in [1.165, 1.54) is 6.07 Å². The van der Waals surface area contributed by atoms with Crippen LogP contribution >= 0.6 is 0 Å². The molecule has 21 heavy (non-hydrogen) atoms. The summed E-state index contributed by atoms with van der Waals surface area (Å²) < 4.78 is 16.8. The maximum atomic E-state index is 11.3. The lowest BCUT2D eigenvalue weighted by molar-refractivity contribution is -0.0408. The van der Waals surface area contributed by atoms with Crippen LogP contribution in [-0.4, -0.2) is 62.0 Å². The second-order valence-electron chi connectivity index (χ2n) is 4.94. The van der Waals surface area contributed by atoms with E-state index >= 15 is 0 Å². The van der Waals surface area contributed by atoms with Gasteiger partial charge in [-0.25, -0.2) is 4.79 Å². The molecule has 1 aliphatic rings. The monoisotopic (exact) mass is 295 g/mol. The van der Waals surface area contributed by atoms with E-state index in [1.54, 1.807) is 12.1 Å². The first-order valence-electron chi connectivity index (χ1n) is 7.03. The van der Waals surface area contributed by atoms with E-state index in [2.05, 4.69) is 4.90 Å². The van der Waals surface area contributed by atoms with Crippen LogP contribution in [0.2, 0.25) is 0 Å². The van der Waals surface area contributed by atoms with Gasteiger partial charge < -0.3 is 24.2 Å². The highest BCUT2D eigenvalue weighted by Crippen LogP contribution is 2.31. The number of nitrogens with zero attached hydrogens (tertiary/aromatic N) is 1. The predicted octanol–water partition coefficient (Wildman–Crippen LogP) is 1.49. The van der Waals surface area contributed by atoms with Crippen molar-refractivity contribution >= 4 is 5.97 Å². The third-order valence-corrected chi connectivity index (χ3v) is 3.26. The first-order valence-corrected chi connectivity index (χ1v) is 7.03. The molecule has 2 rings (SSSR count). The van der Waals surface area contributed by atoms with Crippen LogP contribution in [-0.2, 0) is 4.74 Å². The number of carbonyl (C=O) groups is 1. The van der Waals surface area contributed by atoms with Gasteiger partial charge in [-0.1, -0.05) is 6.07 Å². The van der Waals surface area contributed by atoms with Crippen molar-refractivity contribution in [2.24, 2.45) is 0 Å². The minimum Gasteiger partial charge on any atom is -0.490 e. The van der Waals surface area contributed by atoms with E-state index in [1.807, 2.05) is 14.0 Å². The lowest BCUT2D eigenvalue weighted by Crippen LogP contribution is -2.42. The fourth-order valence-corrected chi connectivity index (χ4v) is 2.25. The van der Waals surface area contributed by atoms with E-state index in [0.29, 0.717) is 25.6 Å². The van der Waals surface area contributed by atoms with Gasteiger partial charge in [-0.15, -0.1) is 0 Å². The standard InChI is InChI=1S/C15H21NO5/c1-3-19-13-6-4-5-12(15(17)18)14(13)21-10-11-9-16(2)7-8-20-11/h4-6,11H,3,7-10H2,1-2H3,(H,17,18). The van der Waals surface area contributed by atoms with E-state index in [0.717, 1.165) is 13.1 Å². The Morgan fingerprint density at radius 2 is 2.29 bits per heavy atom. The number of hydrogen-bond donors (Lipinski definition) is 1. The SMILES string of the molecule is CCOc1cccc(C(=O)O)c1OCC1CN(C)CCO1. The van der Waals surface area contributed by atoms with Crippen molar-refractivity contribution in [1.82, 2.24) is 4.90 Å². The number of para-hydroxylation sites is 1. The molecule has 1 fully saturated rings. The average molecular weight is 295 g/mol. The van der Waals surface area contributed by atoms with Crippen LogP contribution in [0.3, 0.4) is 0 Å².